The molecule has 66 valence electrons. The van der Waals surface area contributed by atoms with Crippen LogP contribution in [-0.2, 0) is 0 Å². The van der Waals surface area contributed by atoms with Crippen LogP contribution in [0.1, 0.15) is 5.56 Å². The Morgan fingerprint density at radius 3 is 3.00 bits per heavy atom. The molecule has 1 aliphatic heterocycles. The maximum Gasteiger partial charge on any atom is 0.135 e. The van der Waals surface area contributed by atoms with Gasteiger partial charge < -0.3 is 4.90 Å². The maximum atomic E-state index is 12.5. The van der Waals surface area contributed by atoms with E-state index in [-0.39, 0.29) is 0 Å². The number of rotatable bonds is 1. The van der Waals surface area contributed by atoms with Gasteiger partial charge in [0.25, 0.3) is 0 Å². The van der Waals surface area contributed by atoms with Crippen molar-refractivity contribution in [3.63, 3.8) is 0 Å². The highest BCUT2D eigenvalue weighted by molar-refractivity contribution is 5.47. The van der Waals surface area contributed by atoms with Crippen LogP contribution >= 0.6 is 0 Å². The molecule has 3 nitrogen and oxygen atoms in total. The zero-order valence-electron chi connectivity index (χ0n) is 6.94. The second kappa shape index (κ2) is 3.02. The van der Waals surface area contributed by atoms with Crippen LogP contribution in [0.3, 0.4) is 0 Å². The fourth-order valence-corrected chi connectivity index (χ4v) is 1.27. The first-order chi connectivity index (χ1) is 6.29. The Kier molecular flexibility index (Phi) is 1.85. The van der Waals surface area contributed by atoms with Crippen molar-refractivity contribution in [1.29, 1.82) is 5.26 Å². The molecule has 0 aliphatic carbocycles. The van der Waals surface area contributed by atoms with E-state index < -0.39 is 6.17 Å². The van der Waals surface area contributed by atoms with Gasteiger partial charge in [0.1, 0.15) is 12.0 Å². The van der Waals surface area contributed by atoms with E-state index >= 15 is 0 Å². The summed E-state index contributed by atoms with van der Waals surface area (Å²) < 4.78 is 12.5. The summed E-state index contributed by atoms with van der Waals surface area (Å²) in [4.78, 5) is 5.86. The topological polar surface area (TPSA) is 39.9 Å². The van der Waals surface area contributed by atoms with Crippen molar-refractivity contribution in [2.45, 2.75) is 6.17 Å². The lowest BCUT2D eigenvalue weighted by molar-refractivity contribution is 0.273. The number of halogens is 1. The first-order valence-corrected chi connectivity index (χ1v) is 4.05. The molecule has 1 aromatic rings. The fourth-order valence-electron chi connectivity index (χ4n) is 1.27. The molecule has 1 aliphatic rings. The summed E-state index contributed by atoms with van der Waals surface area (Å²) in [6, 6.07) is 5.33. The maximum absolute atomic E-state index is 12.5. The average molecular weight is 177 g/mol. The van der Waals surface area contributed by atoms with E-state index in [1.165, 1.54) is 0 Å². The molecule has 13 heavy (non-hydrogen) atoms. The molecule has 1 fully saturated rings. The molecule has 2 heterocycles. The summed E-state index contributed by atoms with van der Waals surface area (Å²) in [5.74, 6) is 0.688. The summed E-state index contributed by atoms with van der Waals surface area (Å²) in [7, 11) is 0. The van der Waals surface area contributed by atoms with Crippen LogP contribution in [0.25, 0.3) is 0 Å². The van der Waals surface area contributed by atoms with E-state index in [9.17, 15) is 4.39 Å². The van der Waals surface area contributed by atoms with E-state index in [1.807, 2.05) is 11.0 Å². The van der Waals surface area contributed by atoms with E-state index in [1.54, 1.807) is 18.3 Å². The van der Waals surface area contributed by atoms with Gasteiger partial charge in [-0.25, -0.2) is 9.37 Å². The quantitative estimate of drug-likeness (QED) is 0.645. The van der Waals surface area contributed by atoms with Crippen LogP contribution in [0, 0.1) is 11.3 Å². The molecule has 0 atom stereocenters. The van der Waals surface area contributed by atoms with E-state index in [0.717, 1.165) is 0 Å². The summed E-state index contributed by atoms with van der Waals surface area (Å²) in [5.41, 5.74) is 0.562. The van der Waals surface area contributed by atoms with Crippen LogP contribution in [0.5, 0.6) is 0 Å². The Morgan fingerprint density at radius 1 is 1.62 bits per heavy atom. The van der Waals surface area contributed by atoms with Gasteiger partial charge in [-0.05, 0) is 12.1 Å². The molecule has 0 N–H and O–H groups in total. The Balaban J connectivity index is 2.18. The minimum atomic E-state index is -0.743. The number of pyridine rings is 1. The van der Waals surface area contributed by atoms with Crippen LogP contribution in [0.15, 0.2) is 18.3 Å². The molecule has 4 heteroatoms. The molecule has 1 aromatic heterocycles. The third-order valence-electron chi connectivity index (χ3n) is 2.04. The van der Waals surface area contributed by atoms with E-state index in [0.29, 0.717) is 24.5 Å². The van der Waals surface area contributed by atoms with Crippen LogP contribution in [-0.4, -0.2) is 24.2 Å². The highest BCUT2D eigenvalue weighted by Gasteiger charge is 2.27. The van der Waals surface area contributed by atoms with Gasteiger partial charge in [0.05, 0.1) is 24.7 Å². The van der Waals surface area contributed by atoms with Crippen molar-refractivity contribution in [1.82, 2.24) is 4.98 Å². The standard InChI is InChI=1S/C9H8FN3/c10-8-5-13(6-8)9-3-7(4-11)1-2-12-9/h1-3,8H,5-6H2. The smallest absolute Gasteiger partial charge is 0.135 e. The molecule has 0 unspecified atom stereocenters. The summed E-state index contributed by atoms with van der Waals surface area (Å²) in [6.45, 7) is 0.782. The molecule has 1 saturated heterocycles. The lowest BCUT2D eigenvalue weighted by Crippen LogP contribution is -2.48. The predicted octanol–water partition coefficient (Wildman–Crippen LogP) is 1.11. The third kappa shape index (κ3) is 1.45. The largest absolute Gasteiger partial charge is 0.351 e. The predicted molar refractivity (Wildman–Crippen MR) is 46.1 cm³/mol. The van der Waals surface area contributed by atoms with E-state index in [4.69, 9.17) is 5.26 Å². The fraction of sp³-hybridized carbons (Fsp3) is 0.333. The lowest BCUT2D eigenvalue weighted by Gasteiger charge is -2.35. The summed E-state index contributed by atoms with van der Waals surface area (Å²) in [6.07, 6.45) is 0.826. The minimum absolute atomic E-state index is 0.391. The second-order valence-corrected chi connectivity index (χ2v) is 3.02. The number of nitriles is 1. The normalized spacial score (nSPS) is 16.5. The van der Waals surface area contributed by atoms with Gasteiger partial charge in [0.2, 0.25) is 0 Å². The molecule has 0 aromatic carbocycles. The summed E-state index contributed by atoms with van der Waals surface area (Å²) in [5, 5.41) is 8.62. The first kappa shape index (κ1) is 7.99. The average Bonchev–Trinajstić information content (AvgIpc) is 2.13. The van der Waals surface area contributed by atoms with Crippen molar-refractivity contribution < 1.29 is 4.39 Å². The van der Waals surface area contributed by atoms with Gasteiger partial charge in [-0.3, -0.25) is 0 Å². The van der Waals surface area contributed by atoms with Gasteiger partial charge in [-0.2, -0.15) is 5.26 Å². The van der Waals surface area contributed by atoms with Crippen molar-refractivity contribution in [2.75, 3.05) is 18.0 Å². The van der Waals surface area contributed by atoms with Gasteiger partial charge in [-0.1, -0.05) is 0 Å². The van der Waals surface area contributed by atoms with E-state index in [2.05, 4.69) is 4.98 Å². The Bertz CT molecular complexity index is 352. The monoisotopic (exact) mass is 177 g/mol. The lowest BCUT2D eigenvalue weighted by atomic mass is 10.2. The minimum Gasteiger partial charge on any atom is -0.351 e. The number of aromatic nitrogens is 1. The van der Waals surface area contributed by atoms with Crippen molar-refractivity contribution in [3.8, 4) is 6.07 Å². The number of nitrogens with zero attached hydrogens (tertiary/aromatic N) is 3. The second-order valence-electron chi connectivity index (χ2n) is 3.02. The van der Waals surface area contributed by atoms with Crippen LogP contribution < -0.4 is 4.90 Å². The molecule has 0 bridgehead atoms. The van der Waals surface area contributed by atoms with Gasteiger partial charge >= 0.3 is 0 Å². The first-order valence-electron chi connectivity index (χ1n) is 4.05. The molecular formula is C9H8FN3. The summed E-state index contributed by atoms with van der Waals surface area (Å²) >= 11 is 0. The number of anilines is 1. The van der Waals surface area contributed by atoms with Crippen molar-refractivity contribution in [2.24, 2.45) is 0 Å². The molecule has 0 amide bonds. The van der Waals surface area contributed by atoms with Gasteiger partial charge in [0.15, 0.2) is 0 Å². The molecular weight excluding hydrogens is 169 g/mol. The van der Waals surface area contributed by atoms with Crippen LogP contribution in [0.4, 0.5) is 10.2 Å². The van der Waals surface area contributed by atoms with Gasteiger partial charge in [0, 0.05) is 6.20 Å². The third-order valence-corrected chi connectivity index (χ3v) is 2.04. The van der Waals surface area contributed by atoms with Gasteiger partial charge in [-0.15, -0.1) is 0 Å². The highest BCUT2D eigenvalue weighted by Crippen LogP contribution is 2.20. The zero-order chi connectivity index (χ0) is 9.26. The highest BCUT2D eigenvalue weighted by atomic mass is 19.1. The van der Waals surface area contributed by atoms with Crippen molar-refractivity contribution >= 4 is 5.82 Å². The number of hydrogen-bond acceptors (Lipinski definition) is 3. The number of hydrogen-bond donors (Lipinski definition) is 0. The molecule has 0 radical (unpaired) electrons. The molecule has 0 spiro atoms. The zero-order valence-corrected chi connectivity index (χ0v) is 6.94. The molecule has 2 rings (SSSR count). The number of alkyl halides is 1. The Hall–Kier alpha value is -1.63. The Morgan fingerprint density at radius 2 is 2.38 bits per heavy atom. The van der Waals surface area contributed by atoms with Crippen molar-refractivity contribution in [3.05, 3.63) is 23.9 Å². The molecule has 0 saturated carbocycles. The van der Waals surface area contributed by atoms with Crippen LogP contribution in [0.2, 0.25) is 0 Å². The SMILES string of the molecule is N#Cc1ccnc(N2CC(F)C2)c1. The Labute approximate surface area is 75.4 Å².